The van der Waals surface area contributed by atoms with Gasteiger partial charge in [0.05, 0.1) is 26.1 Å². The van der Waals surface area contributed by atoms with E-state index in [1.807, 2.05) is 0 Å². The van der Waals surface area contributed by atoms with Gasteiger partial charge in [-0.2, -0.15) is 0 Å². The Bertz CT molecular complexity index is 343. The van der Waals surface area contributed by atoms with Gasteiger partial charge in [-0.1, -0.05) is 0 Å². The van der Waals surface area contributed by atoms with Crippen LogP contribution in [0.1, 0.15) is 0 Å². The molecule has 1 rings (SSSR count). The average molecular weight is 286 g/mol. The molecule has 0 radical (unpaired) electrons. The highest BCUT2D eigenvalue weighted by Crippen LogP contribution is 2.16. The molecule has 0 aliphatic rings. The molecule has 5 heteroatoms. The van der Waals surface area contributed by atoms with E-state index in [1.165, 1.54) is 33.3 Å². The van der Waals surface area contributed by atoms with Crippen LogP contribution in [0.5, 0.6) is 0 Å². The monoisotopic (exact) mass is 286 g/mol. The normalized spacial score (nSPS) is 11.5. The highest BCUT2D eigenvalue weighted by molar-refractivity contribution is 14.2. The van der Waals surface area contributed by atoms with E-state index in [2.05, 4.69) is 0 Å². The fraction of sp³-hybridized carbons (Fsp3) is 0. The minimum absolute atomic E-state index is 0.125. The maximum absolute atomic E-state index is 12.3. The zero-order valence-corrected chi connectivity index (χ0v) is 8.26. The predicted molar refractivity (Wildman–Crippen MR) is 47.6 cm³/mol. The molecule has 0 N–H and O–H groups in total. The minimum Gasteiger partial charge on any atom is -0.213 e. The molecule has 2 nitrogen and oxygen atoms in total. The van der Waals surface area contributed by atoms with Crippen LogP contribution in [0.3, 0.4) is 0 Å². The second-order valence-corrected chi connectivity index (χ2v) is 6.72. The summed E-state index contributed by atoms with van der Waals surface area (Å²) in [4.78, 5) is 0.125. The Hall–Kier alpha value is -0.170. The molecule has 11 heavy (non-hydrogen) atoms. The molecule has 0 atom stereocenters. The first-order valence-electron chi connectivity index (χ1n) is 2.70. The van der Waals surface area contributed by atoms with Crippen molar-refractivity contribution in [3.05, 3.63) is 30.1 Å². The molecule has 0 unspecified atom stereocenters. The van der Waals surface area contributed by atoms with Gasteiger partial charge < -0.3 is 0 Å². The van der Waals surface area contributed by atoms with Crippen molar-refractivity contribution in [2.24, 2.45) is 0 Å². The summed E-state index contributed by atoms with van der Waals surface area (Å²) in [5, 5.41) is 0. The summed E-state index contributed by atoms with van der Waals surface area (Å²) >= 11 is 1.30. The Morgan fingerprint density at radius 2 is 1.64 bits per heavy atom. The first kappa shape index (κ1) is 8.92. The summed E-state index contributed by atoms with van der Waals surface area (Å²) in [5.41, 5.74) is 0. The number of hydrogen-bond donors (Lipinski definition) is 0. The minimum atomic E-state index is -3.22. The van der Waals surface area contributed by atoms with Gasteiger partial charge in [-0.15, -0.1) is 0 Å². The number of benzene rings is 1. The molecular formula is C6H4FIO2S. The van der Waals surface area contributed by atoms with Gasteiger partial charge in [0.2, 0.25) is 7.01 Å². The summed E-state index contributed by atoms with van der Waals surface area (Å²) in [6.07, 6.45) is 0. The number of halogens is 2. The third kappa shape index (κ3) is 2.41. The molecule has 0 aliphatic heterocycles. The Morgan fingerprint density at radius 1 is 1.18 bits per heavy atom. The van der Waals surface area contributed by atoms with Crippen LogP contribution in [0.25, 0.3) is 0 Å². The summed E-state index contributed by atoms with van der Waals surface area (Å²) in [7, 11) is -3.22. The van der Waals surface area contributed by atoms with Gasteiger partial charge >= 0.3 is 0 Å². The number of hydrogen-bond acceptors (Lipinski definition) is 2. The summed E-state index contributed by atoms with van der Waals surface area (Å²) in [6.45, 7) is 0. The zero-order chi connectivity index (χ0) is 8.48. The average Bonchev–Trinajstić information content (AvgIpc) is 1.86. The SMILES string of the molecule is O=S(=O)(I)c1ccc(F)cc1. The van der Waals surface area contributed by atoms with E-state index in [0.717, 1.165) is 12.1 Å². The van der Waals surface area contributed by atoms with Crippen LogP contribution in [0.4, 0.5) is 4.39 Å². The Balaban J connectivity index is 3.20. The summed E-state index contributed by atoms with van der Waals surface area (Å²) < 4.78 is 33.9. The lowest BCUT2D eigenvalue weighted by Crippen LogP contribution is -1.88. The van der Waals surface area contributed by atoms with Crippen molar-refractivity contribution in [3.8, 4) is 0 Å². The first-order chi connectivity index (χ1) is 5.00. The van der Waals surface area contributed by atoms with E-state index in [-0.39, 0.29) is 4.90 Å². The largest absolute Gasteiger partial charge is 0.231 e. The van der Waals surface area contributed by atoms with E-state index in [1.54, 1.807) is 0 Å². The molecule has 1 aromatic carbocycles. The highest BCUT2D eigenvalue weighted by atomic mass is 127. The molecule has 0 saturated heterocycles. The molecule has 0 aliphatic carbocycles. The van der Waals surface area contributed by atoms with Crippen molar-refractivity contribution in [1.29, 1.82) is 0 Å². The van der Waals surface area contributed by atoms with E-state index in [9.17, 15) is 12.8 Å². The van der Waals surface area contributed by atoms with Crippen LogP contribution in [0.2, 0.25) is 0 Å². The summed E-state index contributed by atoms with van der Waals surface area (Å²) in [6, 6.07) is 4.70. The third-order valence-corrected chi connectivity index (χ3v) is 3.46. The van der Waals surface area contributed by atoms with Crippen LogP contribution in [-0.4, -0.2) is 8.42 Å². The van der Waals surface area contributed by atoms with Gasteiger partial charge in [-0.05, 0) is 24.3 Å². The van der Waals surface area contributed by atoms with Crippen molar-refractivity contribution in [2.75, 3.05) is 0 Å². The predicted octanol–water partition coefficient (Wildman–Crippen LogP) is 1.95. The van der Waals surface area contributed by atoms with E-state index in [0.29, 0.717) is 0 Å². The van der Waals surface area contributed by atoms with Gasteiger partial charge in [-0.25, -0.2) is 12.8 Å². The summed E-state index contributed by atoms with van der Waals surface area (Å²) in [5.74, 6) is -0.436. The lowest BCUT2D eigenvalue weighted by Gasteiger charge is -1.93. The van der Waals surface area contributed by atoms with Crippen LogP contribution in [-0.2, 0) is 7.01 Å². The molecule has 0 fully saturated rings. The van der Waals surface area contributed by atoms with Crippen molar-refractivity contribution in [1.82, 2.24) is 0 Å². The third-order valence-electron chi connectivity index (χ3n) is 1.10. The Labute approximate surface area is 75.9 Å². The molecule has 60 valence electrons. The lowest BCUT2D eigenvalue weighted by atomic mass is 10.4. The second kappa shape index (κ2) is 3.06. The second-order valence-electron chi connectivity index (χ2n) is 1.89. The van der Waals surface area contributed by atoms with Crippen LogP contribution >= 0.6 is 21.2 Å². The Kier molecular flexibility index (Phi) is 2.48. The molecular weight excluding hydrogens is 282 g/mol. The Morgan fingerprint density at radius 3 is 2.00 bits per heavy atom. The maximum Gasteiger partial charge on any atom is 0.231 e. The van der Waals surface area contributed by atoms with Crippen molar-refractivity contribution in [2.45, 2.75) is 4.90 Å². The molecule has 0 spiro atoms. The van der Waals surface area contributed by atoms with Crippen LogP contribution < -0.4 is 0 Å². The standard InChI is InChI=1S/C6H4FIO2S/c7-5-1-3-6(4-2-5)11(8,9)10/h1-4H. The molecule has 0 saturated carbocycles. The quantitative estimate of drug-likeness (QED) is 0.584. The van der Waals surface area contributed by atoms with E-state index >= 15 is 0 Å². The van der Waals surface area contributed by atoms with Gasteiger partial charge in [-0.3, -0.25) is 0 Å². The van der Waals surface area contributed by atoms with Crippen molar-refractivity contribution < 1.29 is 12.8 Å². The van der Waals surface area contributed by atoms with Crippen molar-refractivity contribution in [3.63, 3.8) is 0 Å². The van der Waals surface area contributed by atoms with E-state index in [4.69, 9.17) is 0 Å². The number of rotatable bonds is 1. The molecule has 0 amide bonds. The molecule has 1 aromatic rings. The lowest BCUT2D eigenvalue weighted by molar-refractivity contribution is 0.610. The van der Waals surface area contributed by atoms with Gasteiger partial charge in [0, 0.05) is 0 Å². The topological polar surface area (TPSA) is 34.1 Å². The molecule has 0 heterocycles. The smallest absolute Gasteiger partial charge is 0.213 e. The van der Waals surface area contributed by atoms with Gasteiger partial charge in [0.25, 0.3) is 0 Å². The molecule has 0 bridgehead atoms. The highest BCUT2D eigenvalue weighted by Gasteiger charge is 2.07. The van der Waals surface area contributed by atoms with Gasteiger partial charge in [0.1, 0.15) is 5.82 Å². The first-order valence-corrected chi connectivity index (χ1v) is 6.73. The molecule has 0 aromatic heterocycles. The van der Waals surface area contributed by atoms with Crippen LogP contribution in [0.15, 0.2) is 29.2 Å². The van der Waals surface area contributed by atoms with Crippen LogP contribution in [0, 0.1) is 5.82 Å². The van der Waals surface area contributed by atoms with Crippen molar-refractivity contribution >= 4 is 28.2 Å². The van der Waals surface area contributed by atoms with Gasteiger partial charge in [0.15, 0.2) is 0 Å². The van der Waals surface area contributed by atoms with E-state index < -0.39 is 12.8 Å². The maximum atomic E-state index is 12.3. The zero-order valence-electron chi connectivity index (χ0n) is 5.29. The fourth-order valence-electron chi connectivity index (χ4n) is 0.597. The fourth-order valence-corrected chi connectivity index (χ4v) is 1.94.